The Morgan fingerprint density at radius 1 is 1.23 bits per heavy atom. The summed E-state index contributed by atoms with van der Waals surface area (Å²) in [5.74, 6) is -0.299. The number of nitro groups is 1. The van der Waals surface area contributed by atoms with Gasteiger partial charge in [0.2, 0.25) is 5.91 Å². The number of hydrogen-bond donors (Lipinski definition) is 1. The van der Waals surface area contributed by atoms with E-state index in [2.05, 4.69) is 5.32 Å². The molecule has 0 bridgehead atoms. The molecule has 0 aromatic heterocycles. The second-order valence-corrected chi connectivity index (χ2v) is 5.50. The van der Waals surface area contributed by atoms with Crippen molar-refractivity contribution < 1.29 is 9.72 Å². The van der Waals surface area contributed by atoms with Crippen molar-refractivity contribution in [1.82, 2.24) is 0 Å². The van der Waals surface area contributed by atoms with Gasteiger partial charge in [0.1, 0.15) is 0 Å². The van der Waals surface area contributed by atoms with Crippen LogP contribution in [0.2, 0.25) is 10.0 Å². The maximum absolute atomic E-state index is 12.1. The van der Waals surface area contributed by atoms with Gasteiger partial charge in [0, 0.05) is 27.9 Å². The third-order valence-electron chi connectivity index (χ3n) is 3.09. The number of aryl methyl sites for hydroxylation is 1. The van der Waals surface area contributed by atoms with E-state index < -0.39 is 4.92 Å². The summed E-state index contributed by atoms with van der Waals surface area (Å²) in [6, 6.07) is 9.26. The largest absolute Gasteiger partial charge is 0.326 e. The number of hydrogen-bond acceptors (Lipinski definition) is 3. The molecule has 0 aliphatic heterocycles. The van der Waals surface area contributed by atoms with Gasteiger partial charge < -0.3 is 5.32 Å². The molecule has 7 heteroatoms. The van der Waals surface area contributed by atoms with Crippen molar-refractivity contribution >= 4 is 40.5 Å². The van der Waals surface area contributed by atoms with Gasteiger partial charge >= 0.3 is 0 Å². The highest BCUT2D eigenvalue weighted by Gasteiger charge is 2.13. The zero-order chi connectivity index (χ0) is 16.3. The Hall–Kier alpha value is -2.11. The van der Waals surface area contributed by atoms with Crippen molar-refractivity contribution in [2.24, 2.45) is 0 Å². The van der Waals surface area contributed by atoms with Crippen LogP contribution < -0.4 is 5.32 Å². The average molecular weight is 339 g/mol. The van der Waals surface area contributed by atoms with E-state index >= 15 is 0 Å². The van der Waals surface area contributed by atoms with E-state index in [0.717, 1.165) is 0 Å². The van der Waals surface area contributed by atoms with Crippen molar-refractivity contribution in [3.63, 3.8) is 0 Å². The average Bonchev–Trinajstić information content (AvgIpc) is 2.45. The fourth-order valence-corrected chi connectivity index (χ4v) is 2.49. The highest BCUT2D eigenvalue weighted by Crippen LogP contribution is 2.26. The Balaban J connectivity index is 2.14. The van der Waals surface area contributed by atoms with Crippen LogP contribution in [0, 0.1) is 17.0 Å². The lowest BCUT2D eigenvalue weighted by Crippen LogP contribution is -2.15. The van der Waals surface area contributed by atoms with Crippen LogP contribution in [0.4, 0.5) is 11.4 Å². The Morgan fingerprint density at radius 2 is 1.86 bits per heavy atom. The quantitative estimate of drug-likeness (QED) is 0.663. The van der Waals surface area contributed by atoms with Gasteiger partial charge in [-0.05, 0) is 36.2 Å². The van der Waals surface area contributed by atoms with Gasteiger partial charge in [-0.2, -0.15) is 0 Å². The summed E-state index contributed by atoms with van der Waals surface area (Å²) >= 11 is 12.0. The smallest absolute Gasteiger partial charge is 0.269 e. The van der Waals surface area contributed by atoms with E-state index in [-0.39, 0.29) is 18.0 Å². The third kappa shape index (κ3) is 3.75. The van der Waals surface area contributed by atoms with Crippen LogP contribution in [-0.4, -0.2) is 10.8 Å². The molecule has 0 radical (unpaired) electrons. The predicted octanol–water partition coefficient (Wildman–Crippen LogP) is 4.39. The molecule has 0 aliphatic carbocycles. The zero-order valence-electron chi connectivity index (χ0n) is 11.6. The second-order valence-electron chi connectivity index (χ2n) is 4.68. The van der Waals surface area contributed by atoms with Crippen LogP contribution in [0.3, 0.4) is 0 Å². The number of benzene rings is 2. The molecule has 2 aromatic rings. The Labute approximate surface area is 137 Å². The van der Waals surface area contributed by atoms with E-state index in [0.29, 0.717) is 26.9 Å². The molecule has 0 fully saturated rings. The molecule has 1 amide bonds. The summed E-state index contributed by atoms with van der Waals surface area (Å²) in [6.45, 7) is 1.69. The molecule has 2 rings (SSSR count). The molecule has 0 spiro atoms. The predicted molar refractivity (Wildman–Crippen MR) is 86.6 cm³/mol. The molecule has 5 nitrogen and oxygen atoms in total. The summed E-state index contributed by atoms with van der Waals surface area (Å²) in [5, 5.41) is 14.2. The topological polar surface area (TPSA) is 72.2 Å². The van der Waals surface area contributed by atoms with Gasteiger partial charge in [-0.3, -0.25) is 14.9 Å². The molecule has 0 heterocycles. The molecule has 22 heavy (non-hydrogen) atoms. The van der Waals surface area contributed by atoms with Gasteiger partial charge in [0.05, 0.1) is 11.3 Å². The number of halogens is 2. The molecule has 0 saturated heterocycles. The Bertz CT molecular complexity index is 727. The Morgan fingerprint density at radius 3 is 2.41 bits per heavy atom. The lowest BCUT2D eigenvalue weighted by atomic mass is 10.1. The molecule has 114 valence electrons. The number of carbonyl (C=O) groups is 1. The maximum Gasteiger partial charge on any atom is 0.269 e. The molecular weight excluding hydrogens is 327 g/mol. The van der Waals surface area contributed by atoms with E-state index in [1.54, 1.807) is 25.1 Å². The molecule has 2 aromatic carbocycles. The van der Waals surface area contributed by atoms with E-state index in [9.17, 15) is 14.9 Å². The number of nitrogens with zero attached hydrogens (tertiary/aromatic N) is 1. The number of amides is 1. The van der Waals surface area contributed by atoms with Crippen LogP contribution in [-0.2, 0) is 11.2 Å². The summed E-state index contributed by atoms with van der Waals surface area (Å²) in [7, 11) is 0. The number of anilines is 1. The first-order chi connectivity index (χ1) is 10.4. The maximum atomic E-state index is 12.1. The standard InChI is InChI=1S/C15H12Cl2N2O3/c1-9-7-10(19(21)22)5-6-14(9)18-15(20)8-11-12(16)3-2-4-13(11)17/h2-7H,8H2,1H3,(H,18,20). The summed E-state index contributed by atoms with van der Waals surface area (Å²) in [5.41, 5.74) is 1.64. The highest BCUT2D eigenvalue weighted by atomic mass is 35.5. The minimum Gasteiger partial charge on any atom is -0.326 e. The van der Waals surface area contributed by atoms with Crippen LogP contribution in [0.15, 0.2) is 36.4 Å². The molecule has 0 aliphatic rings. The summed E-state index contributed by atoms with van der Waals surface area (Å²) in [4.78, 5) is 22.3. The van der Waals surface area contributed by atoms with Crippen molar-refractivity contribution in [3.8, 4) is 0 Å². The number of rotatable bonds is 4. The monoisotopic (exact) mass is 338 g/mol. The number of carbonyl (C=O) groups excluding carboxylic acids is 1. The fourth-order valence-electron chi connectivity index (χ4n) is 1.96. The van der Waals surface area contributed by atoms with Crippen LogP contribution in [0.5, 0.6) is 0 Å². The van der Waals surface area contributed by atoms with Gasteiger partial charge in [-0.25, -0.2) is 0 Å². The van der Waals surface area contributed by atoms with Crippen molar-refractivity contribution in [2.75, 3.05) is 5.32 Å². The molecule has 0 atom stereocenters. The van der Waals surface area contributed by atoms with E-state index in [1.807, 2.05) is 0 Å². The van der Waals surface area contributed by atoms with Crippen LogP contribution in [0.25, 0.3) is 0 Å². The van der Waals surface area contributed by atoms with Crippen molar-refractivity contribution in [1.29, 1.82) is 0 Å². The lowest BCUT2D eigenvalue weighted by molar-refractivity contribution is -0.384. The van der Waals surface area contributed by atoms with Crippen molar-refractivity contribution in [3.05, 3.63) is 67.7 Å². The van der Waals surface area contributed by atoms with Gasteiger partial charge in [0.15, 0.2) is 0 Å². The summed E-state index contributed by atoms with van der Waals surface area (Å²) < 4.78 is 0. The van der Waals surface area contributed by atoms with Crippen LogP contribution in [0.1, 0.15) is 11.1 Å². The SMILES string of the molecule is Cc1cc([N+](=O)[O-])ccc1NC(=O)Cc1c(Cl)cccc1Cl. The molecule has 0 saturated carbocycles. The molecule has 1 N–H and O–H groups in total. The van der Waals surface area contributed by atoms with Gasteiger partial charge in [-0.1, -0.05) is 29.3 Å². The van der Waals surface area contributed by atoms with Gasteiger partial charge in [0.25, 0.3) is 5.69 Å². The first-order valence-electron chi connectivity index (χ1n) is 6.36. The first-order valence-corrected chi connectivity index (χ1v) is 7.12. The third-order valence-corrected chi connectivity index (χ3v) is 3.80. The molecular formula is C15H12Cl2N2O3. The fraction of sp³-hybridized carbons (Fsp3) is 0.133. The van der Waals surface area contributed by atoms with E-state index in [1.165, 1.54) is 18.2 Å². The minimum absolute atomic E-state index is 0.0228. The molecule has 0 unspecified atom stereocenters. The number of nitro benzene ring substituents is 1. The Kier molecular flexibility index (Phi) is 5.00. The summed E-state index contributed by atoms with van der Waals surface area (Å²) in [6.07, 6.45) is 0.0228. The van der Waals surface area contributed by atoms with Crippen LogP contribution >= 0.6 is 23.2 Å². The first kappa shape index (κ1) is 16.3. The van der Waals surface area contributed by atoms with Crippen molar-refractivity contribution in [2.45, 2.75) is 13.3 Å². The highest BCUT2D eigenvalue weighted by molar-refractivity contribution is 6.36. The number of nitrogens with one attached hydrogen (secondary N) is 1. The lowest BCUT2D eigenvalue weighted by Gasteiger charge is -2.10. The van der Waals surface area contributed by atoms with E-state index in [4.69, 9.17) is 23.2 Å². The normalized spacial score (nSPS) is 10.3. The van der Waals surface area contributed by atoms with Gasteiger partial charge in [-0.15, -0.1) is 0 Å². The number of non-ortho nitro benzene ring substituents is 1. The minimum atomic E-state index is -0.484. The second kappa shape index (κ2) is 6.77. The zero-order valence-corrected chi connectivity index (χ0v) is 13.1.